The van der Waals surface area contributed by atoms with E-state index in [-0.39, 0.29) is 36.6 Å². The molecule has 35 heavy (non-hydrogen) atoms. The van der Waals surface area contributed by atoms with E-state index in [2.05, 4.69) is 4.90 Å². The van der Waals surface area contributed by atoms with Crippen molar-refractivity contribution in [2.24, 2.45) is 5.92 Å². The fourth-order valence-corrected chi connectivity index (χ4v) is 6.72. The zero-order chi connectivity index (χ0) is 25.6. The Kier molecular flexibility index (Phi) is 9.98. The lowest BCUT2D eigenvalue weighted by Gasteiger charge is -2.36. The van der Waals surface area contributed by atoms with Gasteiger partial charge in [0.05, 0.1) is 18.6 Å². The second-order valence-corrected chi connectivity index (χ2v) is 12.1. The number of methoxy groups -OCH3 is 1. The molecular formula is C26H43N3O5S. The summed E-state index contributed by atoms with van der Waals surface area (Å²) in [4.78, 5) is 17.3. The van der Waals surface area contributed by atoms with Crippen LogP contribution in [0.5, 0.6) is 5.75 Å². The molecule has 1 heterocycles. The zero-order valence-corrected chi connectivity index (χ0v) is 22.9. The molecule has 0 atom stereocenters. The van der Waals surface area contributed by atoms with Crippen molar-refractivity contribution in [1.82, 2.24) is 14.1 Å². The molecule has 3 rings (SSSR count). The highest BCUT2D eigenvalue weighted by atomic mass is 32.2. The van der Waals surface area contributed by atoms with Crippen molar-refractivity contribution in [2.75, 3.05) is 60.6 Å². The maximum atomic E-state index is 13.1. The number of aryl methyl sites for hydroxylation is 2. The van der Waals surface area contributed by atoms with Gasteiger partial charge in [0.2, 0.25) is 15.9 Å². The minimum Gasteiger partial charge on any atom is -0.497 e. The normalized spacial score (nSPS) is 21.1. The fraction of sp³-hybridized carbons (Fsp3) is 0.731. The summed E-state index contributed by atoms with van der Waals surface area (Å²) in [7, 11) is 1.29. The zero-order valence-electron chi connectivity index (χ0n) is 22.1. The number of ether oxygens (including phenoxy) is 2. The van der Waals surface area contributed by atoms with Crippen LogP contribution >= 0.6 is 0 Å². The van der Waals surface area contributed by atoms with Crippen LogP contribution in [0, 0.1) is 19.8 Å². The van der Waals surface area contributed by atoms with Crippen LogP contribution in [0.3, 0.4) is 0 Å². The minimum atomic E-state index is -3.67. The molecule has 1 aliphatic heterocycles. The van der Waals surface area contributed by atoms with E-state index in [1.165, 1.54) is 56.7 Å². The summed E-state index contributed by atoms with van der Waals surface area (Å²) in [6, 6.07) is 3.72. The number of carbonyl (C=O) groups is 1. The van der Waals surface area contributed by atoms with Gasteiger partial charge in [-0.05, 0) is 101 Å². The van der Waals surface area contributed by atoms with Gasteiger partial charge in [-0.1, -0.05) is 0 Å². The third kappa shape index (κ3) is 7.18. The van der Waals surface area contributed by atoms with Gasteiger partial charge in [-0.25, -0.2) is 8.42 Å². The van der Waals surface area contributed by atoms with Gasteiger partial charge in [-0.2, -0.15) is 4.31 Å². The quantitative estimate of drug-likeness (QED) is 0.403. The van der Waals surface area contributed by atoms with Gasteiger partial charge in [-0.15, -0.1) is 0 Å². The summed E-state index contributed by atoms with van der Waals surface area (Å²) in [5, 5.41) is 0. The highest BCUT2D eigenvalue weighted by Crippen LogP contribution is 2.30. The van der Waals surface area contributed by atoms with Crippen molar-refractivity contribution in [3.63, 3.8) is 0 Å². The van der Waals surface area contributed by atoms with Crippen molar-refractivity contribution in [2.45, 2.75) is 63.3 Å². The van der Waals surface area contributed by atoms with E-state index >= 15 is 0 Å². The molecule has 1 aliphatic carbocycles. The van der Waals surface area contributed by atoms with Gasteiger partial charge in [0, 0.05) is 26.7 Å². The lowest BCUT2D eigenvalue weighted by molar-refractivity contribution is -0.137. The highest BCUT2D eigenvalue weighted by Gasteiger charge is 2.28. The second-order valence-electron chi connectivity index (χ2n) is 10.1. The van der Waals surface area contributed by atoms with Crippen LogP contribution in [-0.4, -0.2) is 95.1 Å². The number of sulfonamides is 1. The van der Waals surface area contributed by atoms with Gasteiger partial charge >= 0.3 is 0 Å². The predicted molar refractivity (Wildman–Crippen MR) is 137 cm³/mol. The first-order chi connectivity index (χ1) is 16.6. The molecule has 0 bridgehead atoms. The maximum Gasteiger partial charge on any atom is 0.248 e. The third-order valence-electron chi connectivity index (χ3n) is 7.67. The summed E-state index contributed by atoms with van der Waals surface area (Å²) >= 11 is 0. The fourth-order valence-electron chi connectivity index (χ4n) is 5.16. The highest BCUT2D eigenvalue weighted by molar-refractivity contribution is 7.89. The first kappa shape index (κ1) is 27.9. The molecular weight excluding hydrogens is 466 g/mol. The Hall–Kier alpha value is -1.68. The molecule has 1 aromatic rings. The molecule has 9 heteroatoms. The van der Waals surface area contributed by atoms with E-state index in [1.807, 2.05) is 11.9 Å². The molecule has 1 saturated heterocycles. The predicted octanol–water partition coefficient (Wildman–Crippen LogP) is 3.06. The topological polar surface area (TPSA) is 79.4 Å². The van der Waals surface area contributed by atoms with Crippen LogP contribution in [0.4, 0.5) is 0 Å². The molecule has 1 saturated carbocycles. The number of likely N-dealkylation sites (tertiary alicyclic amines) is 1. The average Bonchev–Trinajstić information content (AvgIpc) is 2.79. The van der Waals surface area contributed by atoms with Crippen molar-refractivity contribution in [3.8, 4) is 5.75 Å². The number of rotatable bonds is 12. The first-order valence-corrected chi connectivity index (χ1v) is 14.2. The van der Waals surface area contributed by atoms with Crippen LogP contribution in [0.1, 0.15) is 49.7 Å². The number of carbonyl (C=O) groups excluding carboxylic acids is 1. The van der Waals surface area contributed by atoms with Gasteiger partial charge in [0.25, 0.3) is 0 Å². The molecule has 2 aliphatic rings. The molecule has 0 spiro atoms. The summed E-state index contributed by atoms with van der Waals surface area (Å²) in [5.41, 5.74) is 1.28. The molecule has 0 N–H and O–H groups in total. The molecule has 2 fully saturated rings. The maximum absolute atomic E-state index is 13.1. The Labute approximate surface area is 211 Å². The number of likely N-dealkylation sites (N-methyl/N-ethyl adjacent to an activating group) is 2. The van der Waals surface area contributed by atoms with Crippen LogP contribution in [0.2, 0.25) is 0 Å². The van der Waals surface area contributed by atoms with Crippen LogP contribution in [0.15, 0.2) is 17.0 Å². The van der Waals surface area contributed by atoms with Gasteiger partial charge in [-0.3, -0.25) is 4.79 Å². The standard InChI is InChI=1S/C26H43N3O5S/c1-20-17-24(33-5)18-21(2)26(20)35(31,32)27(3)15-16-34-19-25(30)28(4)23-9-7-22(8-10-23)11-14-29-12-6-13-29/h17-18,22-23H,6-16,19H2,1-5H3/t22-,23+. The number of hydrogen-bond donors (Lipinski definition) is 0. The number of nitrogens with zero attached hydrogens (tertiary/aromatic N) is 3. The second kappa shape index (κ2) is 12.5. The van der Waals surface area contributed by atoms with Gasteiger partial charge < -0.3 is 19.3 Å². The Morgan fingerprint density at radius 1 is 1.09 bits per heavy atom. The molecule has 0 aromatic heterocycles. The Morgan fingerprint density at radius 3 is 2.26 bits per heavy atom. The molecule has 8 nitrogen and oxygen atoms in total. The van der Waals surface area contributed by atoms with E-state index < -0.39 is 10.0 Å². The SMILES string of the molecule is COc1cc(C)c(S(=O)(=O)N(C)CCOCC(=O)N(C)[C@H]2CC[C@@H](CCN3CCC3)CC2)c(C)c1. The number of benzene rings is 1. The van der Waals surface area contributed by atoms with E-state index in [1.54, 1.807) is 33.1 Å². The monoisotopic (exact) mass is 509 g/mol. The van der Waals surface area contributed by atoms with Crippen molar-refractivity contribution in [1.29, 1.82) is 0 Å². The average molecular weight is 510 g/mol. The number of hydrogen-bond acceptors (Lipinski definition) is 6. The first-order valence-electron chi connectivity index (χ1n) is 12.8. The molecule has 198 valence electrons. The lowest BCUT2D eigenvalue weighted by atomic mass is 9.83. The Morgan fingerprint density at radius 2 is 1.71 bits per heavy atom. The van der Waals surface area contributed by atoms with Crippen molar-refractivity contribution in [3.05, 3.63) is 23.3 Å². The van der Waals surface area contributed by atoms with Crippen LogP contribution in [-0.2, 0) is 19.6 Å². The summed E-state index contributed by atoms with van der Waals surface area (Å²) in [6.45, 7) is 7.57. The Balaban J connectivity index is 1.39. The van der Waals surface area contributed by atoms with E-state index in [9.17, 15) is 13.2 Å². The third-order valence-corrected chi connectivity index (χ3v) is 9.84. The van der Waals surface area contributed by atoms with Gasteiger partial charge in [0.15, 0.2) is 0 Å². The Bertz CT molecular complexity index is 933. The van der Waals surface area contributed by atoms with Crippen molar-refractivity contribution >= 4 is 15.9 Å². The summed E-state index contributed by atoms with van der Waals surface area (Å²) in [6.07, 6.45) is 7.09. The smallest absolute Gasteiger partial charge is 0.248 e. The lowest BCUT2D eigenvalue weighted by Crippen LogP contribution is -2.42. The molecule has 1 amide bonds. The molecule has 0 unspecified atom stereocenters. The van der Waals surface area contributed by atoms with Gasteiger partial charge in [0.1, 0.15) is 12.4 Å². The van der Waals surface area contributed by atoms with Crippen LogP contribution in [0.25, 0.3) is 0 Å². The largest absolute Gasteiger partial charge is 0.497 e. The van der Waals surface area contributed by atoms with E-state index in [4.69, 9.17) is 9.47 Å². The minimum absolute atomic E-state index is 0.0279. The van der Waals surface area contributed by atoms with E-state index in [0.717, 1.165) is 18.8 Å². The van der Waals surface area contributed by atoms with Crippen LogP contribution < -0.4 is 4.74 Å². The summed E-state index contributed by atoms with van der Waals surface area (Å²) in [5.74, 6) is 1.37. The number of amides is 1. The van der Waals surface area contributed by atoms with Crippen molar-refractivity contribution < 1.29 is 22.7 Å². The van der Waals surface area contributed by atoms with E-state index in [0.29, 0.717) is 16.9 Å². The molecule has 1 aromatic carbocycles. The summed E-state index contributed by atoms with van der Waals surface area (Å²) < 4.78 is 38.3. The molecule has 0 radical (unpaired) electrons.